The van der Waals surface area contributed by atoms with Gasteiger partial charge in [-0.3, -0.25) is 9.59 Å². The third-order valence-electron chi connectivity index (χ3n) is 8.16. The van der Waals surface area contributed by atoms with Gasteiger partial charge in [0, 0.05) is 44.3 Å². The van der Waals surface area contributed by atoms with Gasteiger partial charge in [-0.05, 0) is 44.2 Å². The smallest absolute Gasteiger partial charge is 0.407 e. The molecule has 2 aromatic heterocycles. The molecule has 2 aromatic rings. The monoisotopic (exact) mass is 598 g/mol. The molecule has 2 aliphatic rings. The second-order valence-electron chi connectivity index (χ2n) is 13.6. The predicted molar refractivity (Wildman–Crippen MR) is 161 cm³/mol. The summed E-state index contributed by atoms with van der Waals surface area (Å²) < 4.78 is 5.47. The maximum absolute atomic E-state index is 14.3. The van der Waals surface area contributed by atoms with Crippen LogP contribution in [0.5, 0.6) is 0 Å². The van der Waals surface area contributed by atoms with Crippen molar-refractivity contribution in [3.63, 3.8) is 0 Å². The molecule has 236 valence electrons. The van der Waals surface area contributed by atoms with E-state index in [-0.39, 0.29) is 41.8 Å². The zero-order valence-electron chi connectivity index (χ0n) is 26.2. The normalized spacial score (nSPS) is 20.7. The van der Waals surface area contributed by atoms with Crippen LogP contribution in [0, 0.1) is 11.8 Å². The maximum atomic E-state index is 14.3. The number of aromatic nitrogens is 2. The van der Waals surface area contributed by atoms with Crippen LogP contribution in [0.1, 0.15) is 82.7 Å². The molecule has 0 aromatic carbocycles. The number of anilines is 1. The number of carbonyl (C=O) groups is 3. The van der Waals surface area contributed by atoms with Gasteiger partial charge in [-0.1, -0.05) is 34.6 Å². The lowest BCUT2D eigenvalue weighted by Crippen LogP contribution is -2.58. The van der Waals surface area contributed by atoms with E-state index in [9.17, 15) is 24.6 Å². The topological polar surface area (TPSA) is 152 Å². The van der Waals surface area contributed by atoms with Crippen molar-refractivity contribution in [2.75, 3.05) is 38.0 Å². The summed E-state index contributed by atoms with van der Waals surface area (Å²) in [7, 11) is 0. The molecule has 2 aliphatic heterocycles. The summed E-state index contributed by atoms with van der Waals surface area (Å²) in [5.41, 5.74) is -0.901. The molecule has 43 heavy (non-hydrogen) atoms. The highest BCUT2D eigenvalue weighted by molar-refractivity contribution is 5.98. The first-order chi connectivity index (χ1) is 20.1. The molecule has 4 heterocycles. The van der Waals surface area contributed by atoms with Crippen LogP contribution in [-0.4, -0.2) is 97.2 Å². The molecule has 0 bridgehead atoms. The number of hydrogen-bond acceptors (Lipinski definition) is 8. The fourth-order valence-electron chi connectivity index (χ4n) is 5.66. The molecule has 2 atom stereocenters. The van der Waals surface area contributed by atoms with E-state index in [2.05, 4.69) is 10.3 Å². The van der Waals surface area contributed by atoms with Gasteiger partial charge in [-0.25, -0.2) is 14.8 Å². The first kappa shape index (κ1) is 32.2. The minimum atomic E-state index is -1.13. The molecule has 3 N–H and O–H groups in total. The predicted octanol–water partition coefficient (Wildman–Crippen LogP) is 3.82. The van der Waals surface area contributed by atoms with Gasteiger partial charge >= 0.3 is 6.09 Å². The lowest BCUT2D eigenvalue weighted by Gasteiger charge is -2.44. The maximum Gasteiger partial charge on any atom is 0.407 e. The molecule has 0 aliphatic carbocycles. The van der Waals surface area contributed by atoms with E-state index < -0.39 is 23.7 Å². The van der Waals surface area contributed by atoms with Gasteiger partial charge in [0.05, 0.1) is 30.4 Å². The number of aliphatic hydroxyl groups is 1. The number of amides is 3. The number of furan rings is 1. The van der Waals surface area contributed by atoms with E-state index in [1.54, 1.807) is 29.1 Å². The minimum Gasteiger partial charge on any atom is -0.467 e. The third kappa shape index (κ3) is 8.04. The van der Waals surface area contributed by atoms with Gasteiger partial charge in [0.2, 0.25) is 5.91 Å². The second-order valence-corrected chi connectivity index (χ2v) is 13.6. The summed E-state index contributed by atoms with van der Waals surface area (Å²) in [5, 5.41) is 23.6. The van der Waals surface area contributed by atoms with Crippen molar-refractivity contribution in [2.24, 2.45) is 11.8 Å². The Bertz CT molecular complexity index is 1280. The summed E-state index contributed by atoms with van der Waals surface area (Å²) in [4.78, 5) is 54.1. The minimum absolute atomic E-state index is 0.0701. The van der Waals surface area contributed by atoms with E-state index in [0.29, 0.717) is 62.8 Å². The Morgan fingerprint density at radius 2 is 1.88 bits per heavy atom. The van der Waals surface area contributed by atoms with E-state index in [4.69, 9.17) is 9.40 Å². The van der Waals surface area contributed by atoms with Crippen molar-refractivity contribution in [3.8, 4) is 0 Å². The molecule has 0 spiro atoms. The fourth-order valence-corrected chi connectivity index (χ4v) is 5.66. The Labute approximate surface area is 253 Å². The van der Waals surface area contributed by atoms with Gasteiger partial charge in [-0.2, -0.15) is 0 Å². The van der Waals surface area contributed by atoms with Crippen LogP contribution in [0.4, 0.5) is 10.6 Å². The van der Waals surface area contributed by atoms with Crippen LogP contribution in [-0.2, 0) is 16.8 Å². The largest absolute Gasteiger partial charge is 0.467 e. The van der Waals surface area contributed by atoms with Gasteiger partial charge in [0.1, 0.15) is 23.0 Å². The number of likely N-dealkylation sites (tertiary alicyclic amines) is 2. The van der Waals surface area contributed by atoms with Gasteiger partial charge in [0.15, 0.2) is 0 Å². The summed E-state index contributed by atoms with van der Waals surface area (Å²) in [6, 6.07) is 3.09. The molecule has 0 saturated carbocycles. The first-order valence-corrected chi connectivity index (χ1v) is 15.1. The number of piperidine rings is 2. The molecular weight excluding hydrogens is 552 g/mol. The molecule has 2 fully saturated rings. The summed E-state index contributed by atoms with van der Waals surface area (Å²) in [6.07, 6.45) is 3.26. The van der Waals surface area contributed by atoms with Crippen LogP contribution in [0.25, 0.3) is 0 Å². The fraction of sp³-hybridized carbons (Fsp3) is 0.645. The van der Waals surface area contributed by atoms with E-state index in [1.165, 1.54) is 11.1 Å². The number of hydrogen-bond donors (Lipinski definition) is 3. The molecule has 12 nitrogen and oxygen atoms in total. The lowest BCUT2D eigenvalue weighted by molar-refractivity contribution is -0.141. The summed E-state index contributed by atoms with van der Waals surface area (Å²) >= 11 is 0. The Hall–Kier alpha value is -3.67. The van der Waals surface area contributed by atoms with Crippen LogP contribution in [0.15, 0.2) is 29.0 Å². The van der Waals surface area contributed by atoms with Crippen LogP contribution in [0.2, 0.25) is 0 Å². The Kier molecular flexibility index (Phi) is 9.68. The lowest BCUT2D eigenvalue weighted by atomic mass is 9.89. The molecule has 4 rings (SSSR count). The molecule has 2 unspecified atom stereocenters. The number of carboxylic acid groups (broad SMARTS) is 1. The van der Waals surface area contributed by atoms with Crippen molar-refractivity contribution in [1.29, 1.82) is 0 Å². The average Bonchev–Trinajstić information content (AvgIpc) is 3.47. The molecular formula is C31H46N6O6. The number of rotatable bonds is 8. The zero-order valence-corrected chi connectivity index (χ0v) is 26.2. The number of carbonyl (C=O) groups excluding carboxylic acids is 2. The highest BCUT2D eigenvalue weighted by Gasteiger charge is 2.41. The second kappa shape index (κ2) is 12.9. The van der Waals surface area contributed by atoms with Gasteiger partial charge in [0.25, 0.3) is 5.91 Å². The van der Waals surface area contributed by atoms with E-state index in [1.807, 2.05) is 40.7 Å². The van der Waals surface area contributed by atoms with Gasteiger partial charge < -0.3 is 34.6 Å². The number of nitrogens with zero attached hydrogens (tertiary/aromatic N) is 5. The first-order valence-electron chi connectivity index (χ1n) is 15.1. The van der Waals surface area contributed by atoms with Crippen molar-refractivity contribution in [2.45, 2.75) is 84.4 Å². The average molecular weight is 599 g/mol. The van der Waals surface area contributed by atoms with Crippen LogP contribution < -0.4 is 5.32 Å². The molecule has 2 saturated heterocycles. The molecule has 0 radical (unpaired) electrons. The highest BCUT2D eigenvalue weighted by Crippen LogP contribution is 2.30. The van der Waals surface area contributed by atoms with Crippen molar-refractivity contribution in [1.82, 2.24) is 24.7 Å². The Morgan fingerprint density at radius 1 is 1.19 bits per heavy atom. The van der Waals surface area contributed by atoms with E-state index >= 15 is 0 Å². The Morgan fingerprint density at radius 3 is 2.47 bits per heavy atom. The summed E-state index contributed by atoms with van der Waals surface area (Å²) in [5.74, 6) is 0.638. The summed E-state index contributed by atoms with van der Waals surface area (Å²) in [6.45, 7) is 13.4. The SMILES string of the molecule is CC(C)CN(C(=O)c1cnc(C(C)(C)C)nc1NCc1ccco1)C1CC(C(=O)N2CCC(C)(O)CC2)CN(C(=O)O)C1. The molecule has 3 amide bonds. The third-order valence-corrected chi connectivity index (χ3v) is 8.16. The standard InChI is InChI=1S/C31H46N6O6/c1-20(2)17-37(22-14-21(18-36(19-22)29(40)41)26(38)35-11-9-31(6,42)10-12-35)27(39)24-16-33-28(30(3,4)5)34-25(24)32-15-23-8-7-13-43-23/h7-8,13,16,20-22,42H,9-12,14-15,17-19H2,1-6H3,(H,40,41)(H,32,33,34). The quantitative estimate of drug-likeness (QED) is 0.412. The van der Waals surface area contributed by atoms with Crippen LogP contribution >= 0.6 is 0 Å². The van der Waals surface area contributed by atoms with Crippen LogP contribution in [0.3, 0.4) is 0 Å². The van der Waals surface area contributed by atoms with Crippen molar-refractivity contribution in [3.05, 3.63) is 41.7 Å². The Balaban J connectivity index is 1.64. The van der Waals surface area contributed by atoms with Crippen molar-refractivity contribution >= 4 is 23.7 Å². The van der Waals surface area contributed by atoms with E-state index in [0.717, 1.165) is 0 Å². The zero-order chi connectivity index (χ0) is 31.5. The molecule has 12 heteroatoms. The van der Waals surface area contributed by atoms with Crippen molar-refractivity contribution < 1.29 is 29.0 Å². The highest BCUT2D eigenvalue weighted by atomic mass is 16.4. The van der Waals surface area contributed by atoms with Gasteiger partial charge in [-0.15, -0.1) is 0 Å². The number of nitrogens with one attached hydrogen (secondary N) is 1.